The lowest BCUT2D eigenvalue weighted by atomic mass is 9.87. The summed E-state index contributed by atoms with van der Waals surface area (Å²) in [5.74, 6) is 0.535. The Balaban J connectivity index is 1.55. The van der Waals surface area contributed by atoms with E-state index in [1.807, 2.05) is 0 Å². The Labute approximate surface area is 163 Å². The molecule has 1 amide bonds. The maximum absolute atomic E-state index is 13.3. The molecule has 1 aliphatic heterocycles. The maximum atomic E-state index is 13.3. The molecule has 1 aromatic heterocycles. The number of nitrogens with zero attached hydrogens (tertiary/aromatic N) is 3. The SMILES string of the molecule is CC1CCC(NC(=O)C2CCCN2S(=O)(=O)c2cccc3nsnc23)CC1. The Hall–Kier alpha value is -1.58. The van der Waals surface area contributed by atoms with Gasteiger partial charge in [-0.25, -0.2) is 8.42 Å². The van der Waals surface area contributed by atoms with Gasteiger partial charge in [-0.15, -0.1) is 0 Å². The molecule has 146 valence electrons. The van der Waals surface area contributed by atoms with Crippen molar-refractivity contribution in [3.63, 3.8) is 0 Å². The van der Waals surface area contributed by atoms with Crippen LogP contribution in [0.1, 0.15) is 45.4 Å². The molecule has 1 saturated carbocycles. The van der Waals surface area contributed by atoms with Crippen molar-refractivity contribution in [2.24, 2.45) is 5.92 Å². The van der Waals surface area contributed by atoms with E-state index in [1.54, 1.807) is 18.2 Å². The van der Waals surface area contributed by atoms with Crippen LogP contribution in [0.25, 0.3) is 11.0 Å². The van der Waals surface area contributed by atoms with Crippen LogP contribution in [0.3, 0.4) is 0 Å². The number of hydrogen-bond donors (Lipinski definition) is 1. The molecule has 1 aromatic carbocycles. The largest absolute Gasteiger partial charge is 0.352 e. The van der Waals surface area contributed by atoms with E-state index < -0.39 is 16.1 Å². The second-order valence-electron chi connectivity index (χ2n) is 7.63. The van der Waals surface area contributed by atoms with Crippen molar-refractivity contribution < 1.29 is 13.2 Å². The lowest BCUT2D eigenvalue weighted by Crippen LogP contribution is -2.49. The summed E-state index contributed by atoms with van der Waals surface area (Å²) in [4.78, 5) is 13.0. The molecule has 0 spiro atoms. The van der Waals surface area contributed by atoms with Crippen molar-refractivity contribution in [1.29, 1.82) is 0 Å². The highest BCUT2D eigenvalue weighted by molar-refractivity contribution is 7.89. The van der Waals surface area contributed by atoms with Crippen molar-refractivity contribution in [1.82, 2.24) is 18.4 Å². The quantitative estimate of drug-likeness (QED) is 0.839. The summed E-state index contributed by atoms with van der Waals surface area (Å²) in [7, 11) is -3.80. The molecule has 2 heterocycles. The number of hydrogen-bond acceptors (Lipinski definition) is 6. The fourth-order valence-corrected chi connectivity index (χ4v) is 6.52. The van der Waals surface area contributed by atoms with Gasteiger partial charge in [0.25, 0.3) is 0 Å². The molecule has 2 fully saturated rings. The first kappa shape index (κ1) is 18.8. The van der Waals surface area contributed by atoms with Gasteiger partial charge in [-0.2, -0.15) is 13.1 Å². The molecule has 0 bridgehead atoms. The molecule has 27 heavy (non-hydrogen) atoms. The van der Waals surface area contributed by atoms with E-state index in [0.717, 1.165) is 37.4 Å². The average Bonchev–Trinajstić information content (AvgIpc) is 3.32. The van der Waals surface area contributed by atoms with Crippen LogP contribution in [-0.2, 0) is 14.8 Å². The number of carbonyl (C=O) groups is 1. The summed E-state index contributed by atoms with van der Waals surface area (Å²) in [5, 5.41) is 3.10. The predicted octanol–water partition coefficient (Wildman–Crippen LogP) is 2.54. The minimum atomic E-state index is -3.80. The minimum absolute atomic E-state index is 0.139. The van der Waals surface area contributed by atoms with Crippen molar-refractivity contribution in [2.75, 3.05) is 6.54 Å². The third-order valence-electron chi connectivity index (χ3n) is 5.70. The van der Waals surface area contributed by atoms with E-state index in [0.29, 0.717) is 36.3 Å². The van der Waals surface area contributed by atoms with Crippen LogP contribution < -0.4 is 5.32 Å². The van der Waals surface area contributed by atoms with Crippen LogP contribution in [0.5, 0.6) is 0 Å². The third-order valence-corrected chi connectivity index (χ3v) is 8.19. The van der Waals surface area contributed by atoms with E-state index >= 15 is 0 Å². The number of fused-ring (bicyclic) bond motifs is 1. The molecular weight excluding hydrogens is 384 g/mol. The second-order valence-corrected chi connectivity index (χ2v) is 10.0. The van der Waals surface area contributed by atoms with Gasteiger partial charge in [-0.05, 0) is 56.6 Å². The monoisotopic (exact) mass is 408 g/mol. The van der Waals surface area contributed by atoms with Gasteiger partial charge in [-0.1, -0.05) is 13.0 Å². The van der Waals surface area contributed by atoms with Crippen molar-refractivity contribution in [3.8, 4) is 0 Å². The van der Waals surface area contributed by atoms with Crippen LogP contribution in [-0.4, -0.2) is 46.0 Å². The Kier molecular flexibility index (Phi) is 5.17. The Morgan fingerprint density at radius 1 is 1.19 bits per heavy atom. The van der Waals surface area contributed by atoms with Gasteiger partial charge >= 0.3 is 0 Å². The molecule has 9 heteroatoms. The first-order chi connectivity index (χ1) is 13.0. The fourth-order valence-electron chi connectivity index (χ4n) is 4.11. The van der Waals surface area contributed by atoms with Crippen molar-refractivity contribution in [2.45, 2.75) is 62.4 Å². The van der Waals surface area contributed by atoms with Gasteiger partial charge in [0.15, 0.2) is 0 Å². The number of aromatic nitrogens is 2. The van der Waals surface area contributed by atoms with Crippen LogP contribution in [0, 0.1) is 5.92 Å². The molecule has 7 nitrogen and oxygen atoms in total. The number of amides is 1. The molecule has 1 atom stereocenters. The van der Waals surface area contributed by atoms with E-state index in [2.05, 4.69) is 21.0 Å². The number of carbonyl (C=O) groups excluding carboxylic acids is 1. The second kappa shape index (κ2) is 7.44. The van der Waals surface area contributed by atoms with Gasteiger partial charge in [0, 0.05) is 12.6 Å². The molecule has 4 rings (SSSR count). The number of rotatable bonds is 4. The number of benzene rings is 1. The van der Waals surface area contributed by atoms with Gasteiger partial charge in [0.05, 0.1) is 11.7 Å². The predicted molar refractivity (Wildman–Crippen MR) is 104 cm³/mol. The van der Waals surface area contributed by atoms with E-state index in [4.69, 9.17) is 0 Å². The maximum Gasteiger partial charge on any atom is 0.246 e. The molecule has 1 aliphatic carbocycles. The summed E-state index contributed by atoms with van der Waals surface area (Å²) in [6.45, 7) is 2.59. The highest BCUT2D eigenvalue weighted by Gasteiger charge is 2.41. The first-order valence-corrected chi connectivity index (χ1v) is 11.7. The zero-order valence-corrected chi connectivity index (χ0v) is 16.9. The lowest BCUT2D eigenvalue weighted by Gasteiger charge is -2.29. The first-order valence-electron chi connectivity index (χ1n) is 9.50. The van der Waals surface area contributed by atoms with Crippen LogP contribution in [0.15, 0.2) is 23.1 Å². The normalized spacial score (nSPS) is 27.1. The van der Waals surface area contributed by atoms with E-state index in [1.165, 1.54) is 4.31 Å². The molecule has 2 aromatic rings. The van der Waals surface area contributed by atoms with Gasteiger partial charge in [0.1, 0.15) is 22.0 Å². The van der Waals surface area contributed by atoms with E-state index in [-0.39, 0.29) is 16.8 Å². The molecule has 1 saturated heterocycles. The summed E-state index contributed by atoms with van der Waals surface area (Å²) in [6, 6.07) is 4.48. The zero-order valence-electron chi connectivity index (χ0n) is 15.3. The number of sulfonamides is 1. The lowest BCUT2D eigenvalue weighted by molar-refractivity contribution is -0.125. The summed E-state index contributed by atoms with van der Waals surface area (Å²) in [5.41, 5.74) is 0.951. The molecule has 2 aliphatic rings. The van der Waals surface area contributed by atoms with Crippen LogP contribution in [0.2, 0.25) is 0 Å². The number of nitrogens with one attached hydrogen (secondary N) is 1. The summed E-state index contributed by atoms with van der Waals surface area (Å²) < 4.78 is 36.2. The molecule has 1 N–H and O–H groups in total. The average molecular weight is 409 g/mol. The standard InChI is InChI=1S/C18H24N4O3S2/c1-12-7-9-13(10-8-12)19-18(23)15-5-3-11-22(15)27(24,25)16-6-2-4-14-17(16)21-26-20-14/h2,4,6,12-13,15H,3,5,7-11H2,1H3,(H,19,23). The topological polar surface area (TPSA) is 92.3 Å². The molecular formula is C18H24N4O3S2. The van der Waals surface area contributed by atoms with Crippen molar-refractivity contribution in [3.05, 3.63) is 18.2 Å². The fraction of sp³-hybridized carbons (Fsp3) is 0.611. The van der Waals surface area contributed by atoms with Gasteiger partial charge in [-0.3, -0.25) is 4.79 Å². The van der Waals surface area contributed by atoms with Crippen molar-refractivity contribution >= 4 is 38.7 Å². The molecule has 1 unspecified atom stereocenters. The van der Waals surface area contributed by atoms with Crippen LogP contribution >= 0.6 is 11.7 Å². The van der Waals surface area contributed by atoms with Crippen LogP contribution in [0.4, 0.5) is 0 Å². The summed E-state index contributed by atoms with van der Waals surface area (Å²) >= 11 is 0.994. The minimum Gasteiger partial charge on any atom is -0.352 e. The Morgan fingerprint density at radius 2 is 1.96 bits per heavy atom. The highest BCUT2D eigenvalue weighted by Crippen LogP contribution is 2.30. The highest BCUT2D eigenvalue weighted by atomic mass is 32.2. The van der Waals surface area contributed by atoms with Gasteiger partial charge < -0.3 is 5.32 Å². The Bertz CT molecular complexity index is 935. The van der Waals surface area contributed by atoms with Gasteiger partial charge in [0.2, 0.25) is 15.9 Å². The third kappa shape index (κ3) is 3.60. The summed E-state index contributed by atoms with van der Waals surface area (Å²) in [6.07, 6.45) is 5.39. The molecule has 0 radical (unpaired) electrons. The smallest absolute Gasteiger partial charge is 0.246 e. The Morgan fingerprint density at radius 3 is 2.74 bits per heavy atom. The van der Waals surface area contributed by atoms with E-state index in [9.17, 15) is 13.2 Å². The zero-order chi connectivity index (χ0) is 19.0.